The molecule has 2 heterocycles. The van der Waals surface area contributed by atoms with Crippen molar-refractivity contribution in [3.8, 4) is 0 Å². The van der Waals surface area contributed by atoms with Gasteiger partial charge in [-0.1, -0.05) is 19.1 Å². The van der Waals surface area contributed by atoms with E-state index in [0.717, 1.165) is 16.8 Å². The third-order valence-corrected chi connectivity index (χ3v) is 3.78. The molecule has 98 valence electrons. The molecule has 3 rings (SSSR count). The minimum absolute atomic E-state index is 0.0794. The summed E-state index contributed by atoms with van der Waals surface area (Å²) in [7, 11) is 0. The Bertz CT molecular complexity index is 678. The van der Waals surface area contributed by atoms with Crippen LogP contribution in [0.25, 0.3) is 11.0 Å². The molecule has 1 N–H and O–H groups in total. The number of hydrogen-bond donors (Lipinski definition) is 1. The molecule has 0 aliphatic carbocycles. The fraction of sp³-hybridized carbons (Fsp3) is 0.214. The highest BCUT2D eigenvalue weighted by Gasteiger charge is 2.20. The van der Waals surface area contributed by atoms with Crippen molar-refractivity contribution in [2.24, 2.45) is 0 Å². The molecule has 1 unspecified atom stereocenters. The Balaban J connectivity index is 2.08. The van der Waals surface area contributed by atoms with E-state index in [1.165, 1.54) is 6.07 Å². The van der Waals surface area contributed by atoms with Crippen LogP contribution in [0, 0.1) is 5.82 Å². The molecule has 3 aromatic rings. The summed E-state index contributed by atoms with van der Waals surface area (Å²) < 4.78 is 19.3. The van der Waals surface area contributed by atoms with Crippen LogP contribution in [-0.2, 0) is 0 Å². The van der Waals surface area contributed by atoms with Gasteiger partial charge in [-0.05, 0) is 18.7 Å². The van der Waals surface area contributed by atoms with Gasteiger partial charge in [0.1, 0.15) is 11.8 Å². The fourth-order valence-corrected chi connectivity index (χ4v) is 2.80. The van der Waals surface area contributed by atoms with E-state index in [4.69, 9.17) is 4.42 Å². The Labute approximate surface area is 114 Å². The molecule has 0 bridgehead atoms. The van der Waals surface area contributed by atoms with Crippen LogP contribution in [0.4, 0.5) is 4.39 Å². The molecule has 1 atom stereocenters. The van der Waals surface area contributed by atoms with Crippen molar-refractivity contribution in [3.05, 3.63) is 52.4 Å². The van der Waals surface area contributed by atoms with E-state index >= 15 is 0 Å². The molecule has 19 heavy (non-hydrogen) atoms. The number of furan rings is 1. The largest absolute Gasteiger partial charge is 0.456 e. The third-order valence-electron chi connectivity index (χ3n) is 2.94. The van der Waals surface area contributed by atoms with Crippen molar-refractivity contribution >= 4 is 22.3 Å². The zero-order valence-corrected chi connectivity index (χ0v) is 11.2. The first-order chi connectivity index (χ1) is 9.29. The van der Waals surface area contributed by atoms with Gasteiger partial charge >= 0.3 is 0 Å². The van der Waals surface area contributed by atoms with E-state index in [9.17, 15) is 4.39 Å². The first-order valence-corrected chi connectivity index (χ1v) is 6.97. The molecule has 5 heteroatoms. The van der Waals surface area contributed by atoms with Crippen molar-refractivity contribution in [3.63, 3.8) is 0 Å². The van der Waals surface area contributed by atoms with E-state index in [1.54, 1.807) is 22.9 Å². The average Bonchev–Trinajstić information content (AvgIpc) is 3.05. The molecule has 0 aliphatic rings. The molecule has 0 saturated carbocycles. The predicted molar refractivity (Wildman–Crippen MR) is 73.8 cm³/mol. The Morgan fingerprint density at radius 3 is 3.05 bits per heavy atom. The van der Waals surface area contributed by atoms with Crippen molar-refractivity contribution in [1.82, 2.24) is 10.3 Å². The van der Waals surface area contributed by atoms with Gasteiger partial charge in [-0.3, -0.25) is 4.98 Å². The number of benzene rings is 1. The van der Waals surface area contributed by atoms with Gasteiger partial charge in [-0.25, -0.2) is 4.39 Å². The molecule has 3 nitrogen and oxygen atoms in total. The number of nitrogens with zero attached hydrogens (tertiary/aromatic N) is 1. The van der Waals surface area contributed by atoms with E-state index in [-0.39, 0.29) is 11.9 Å². The van der Waals surface area contributed by atoms with Crippen LogP contribution in [0.5, 0.6) is 0 Å². The number of fused-ring (bicyclic) bond motifs is 1. The number of hydrogen-bond acceptors (Lipinski definition) is 4. The quantitative estimate of drug-likeness (QED) is 0.789. The van der Waals surface area contributed by atoms with Crippen LogP contribution < -0.4 is 5.32 Å². The lowest BCUT2D eigenvalue weighted by Crippen LogP contribution is -2.20. The van der Waals surface area contributed by atoms with E-state index in [1.807, 2.05) is 25.3 Å². The third kappa shape index (κ3) is 2.27. The first-order valence-electron chi connectivity index (χ1n) is 6.09. The van der Waals surface area contributed by atoms with Crippen LogP contribution in [0.15, 0.2) is 40.4 Å². The molecular weight excluding hydrogens is 263 g/mol. The molecule has 0 spiro atoms. The summed E-state index contributed by atoms with van der Waals surface area (Å²) in [6.45, 7) is 2.82. The van der Waals surface area contributed by atoms with Gasteiger partial charge in [-0.2, -0.15) is 0 Å². The van der Waals surface area contributed by atoms with E-state index in [2.05, 4.69) is 10.3 Å². The molecule has 0 aliphatic heterocycles. The summed E-state index contributed by atoms with van der Waals surface area (Å²) in [5.74, 6) is 0.384. The second-order valence-electron chi connectivity index (χ2n) is 4.20. The topological polar surface area (TPSA) is 38.1 Å². The number of rotatable bonds is 4. The van der Waals surface area contributed by atoms with Gasteiger partial charge in [0.05, 0.1) is 5.51 Å². The van der Waals surface area contributed by atoms with Crippen molar-refractivity contribution in [2.45, 2.75) is 13.0 Å². The summed E-state index contributed by atoms with van der Waals surface area (Å²) in [5, 5.41) is 4.12. The normalized spacial score (nSPS) is 12.9. The molecule has 0 fully saturated rings. The van der Waals surface area contributed by atoms with Crippen molar-refractivity contribution < 1.29 is 8.81 Å². The van der Waals surface area contributed by atoms with Gasteiger partial charge < -0.3 is 9.73 Å². The van der Waals surface area contributed by atoms with Gasteiger partial charge in [-0.15, -0.1) is 11.3 Å². The Hall–Kier alpha value is -1.72. The Morgan fingerprint density at radius 1 is 1.47 bits per heavy atom. The summed E-state index contributed by atoms with van der Waals surface area (Å²) in [5.41, 5.74) is 2.09. The lowest BCUT2D eigenvalue weighted by molar-refractivity contribution is 0.468. The minimum Gasteiger partial charge on any atom is -0.456 e. The average molecular weight is 276 g/mol. The lowest BCUT2D eigenvalue weighted by Gasteiger charge is -2.12. The number of nitrogens with one attached hydrogen (secondary N) is 1. The van der Waals surface area contributed by atoms with Crippen molar-refractivity contribution in [1.29, 1.82) is 0 Å². The fourth-order valence-electron chi connectivity index (χ4n) is 2.10. The molecule has 2 aromatic heterocycles. The monoisotopic (exact) mass is 276 g/mol. The number of halogens is 1. The Kier molecular flexibility index (Phi) is 3.31. The summed E-state index contributed by atoms with van der Waals surface area (Å²) in [6, 6.07) is 6.74. The number of aromatic nitrogens is 1. The van der Waals surface area contributed by atoms with Gasteiger partial charge in [0, 0.05) is 16.5 Å². The van der Waals surface area contributed by atoms with Gasteiger partial charge in [0.2, 0.25) is 0 Å². The first kappa shape index (κ1) is 12.3. The zero-order chi connectivity index (χ0) is 13.2. The summed E-state index contributed by atoms with van der Waals surface area (Å²) >= 11 is 1.55. The molecular formula is C14H13FN2OS. The van der Waals surface area contributed by atoms with Crippen LogP contribution in [-0.4, -0.2) is 11.5 Å². The maximum atomic E-state index is 13.7. The highest BCUT2D eigenvalue weighted by Crippen LogP contribution is 2.30. The predicted octanol–water partition coefficient (Wildman–Crippen LogP) is 3.73. The van der Waals surface area contributed by atoms with Crippen LogP contribution in [0.2, 0.25) is 0 Å². The molecule has 1 aromatic carbocycles. The summed E-state index contributed by atoms with van der Waals surface area (Å²) in [6.07, 6.45) is 1.81. The smallest absolute Gasteiger partial charge is 0.169 e. The zero-order valence-electron chi connectivity index (χ0n) is 10.4. The lowest BCUT2D eigenvalue weighted by atomic mass is 10.1. The van der Waals surface area contributed by atoms with Crippen LogP contribution in [0.3, 0.4) is 0 Å². The van der Waals surface area contributed by atoms with Crippen molar-refractivity contribution in [2.75, 3.05) is 6.54 Å². The second-order valence-corrected chi connectivity index (χ2v) is 5.12. The highest BCUT2D eigenvalue weighted by atomic mass is 32.1. The Morgan fingerprint density at radius 2 is 2.37 bits per heavy atom. The van der Waals surface area contributed by atoms with Crippen LogP contribution in [0.1, 0.15) is 23.6 Å². The summed E-state index contributed by atoms with van der Waals surface area (Å²) in [4.78, 5) is 5.14. The minimum atomic E-state index is -0.330. The van der Waals surface area contributed by atoms with Gasteiger partial charge in [0.25, 0.3) is 0 Å². The molecule has 0 amide bonds. The maximum Gasteiger partial charge on any atom is 0.169 e. The highest BCUT2D eigenvalue weighted by molar-refractivity contribution is 7.09. The number of thiazole rings is 1. The van der Waals surface area contributed by atoms with E-state index < -0.39 is 0 Å². The standard InChI is InChI=1S/C14H13FN2OS/c1-2-17-13(12-7-16-8-19-12)11-6-9-4-3-5-10(15)14(9)18-11/h3-8,13,17H,2H2,1H3. The van der Waals surface area contributed by atoms with E-state index in [0.29, 0.717) is 11.3 Å². The van der Waals surface area contributed by atoms with Gasteiger partial charge in [0.15, 0.2) is 11.4 Å². The maximum absolute atomic E-state index is 13.7. The molecule has 0 radical (unpaired) electrons. The number of para-hydroxylation sites is 1. The van der Waals surface area contributed by atoms with Crippen LogP contribution >= 0.6 is 11.3 Å². The second kappa shape index (κ2) is 5.11. The molecule has 0 saturated heterocycles. The SMILES string of the molecule is CCNC(c1cc2cccc(F)c2o1)c1cncs1.